The molecule has 1 fully saturated rings. The van der Waals surface area contributed by atoms with Gasteiger partial charge in [0.2, 0.25) is 0 Å². The minimum atomic E-state index is 0. The lowest BCUT2D eigenvalue weighted by Crippen LogP contribution is -2.24. The van der Waals surface area contributed by atoms with Crippen molar-refractivity contribution in [3.05, 3.63) is 34.3 Å². The monoisotopic (exact) mass is 273 g/mol. The van der Waals surface area contributed by atoms with Gasteiger partial charge in [-0.25, -0.2) is 0 Å². The van der Waals surface area contributed by atoms with Crippen LogP contribution in [0.4, 0.5) is 0 Å². The van der Waals surface area contributed by atoms with Crippen molar-refractivity contribution in [3.63, 3.8) is 0 Å². The number of rotatable bonds is 2. The first-order valence-corrected chi connectivity index (χ1v) is 6.58. The van der Waals surface area contributed by atoms with E-state index in [1.807, 2.05) is 12.1 Å². The van der Waals surface area contributed by atoms with Gasteiger partial charge in [0.05, 0.1) is 0 Å². The molecule has 2 rings (SSSR count). The van der Waals surface area contributed by atoms with Gasteiger partial charge >= 0.3 is 0 Å². The third-order valence-electron chi connectivity index (χ3n) is 3.75. The van der Waals surface area contributed by atoms with Crippen molar-refractivity contribution in [3.8, 4) is 0 Å². The quantitative estimate of drug-likeness (QED) is 0.834. The summed E-state index contributed by atoms with van der Waals surface area (Å²) in [5.74, 6) is 0.661. The highest BCUT2D eigenvalue weighted by Crippen LogP contribution is 2.34. The summed E-state index contributed by atoms with van der Waals surface area (Å²) in [7, 11) is 0. The summed E-state index contributed by atoms with van der Waals surface area (Å²) in [4.78, 5) is 0. The predicted molar refractivity (Wildman–Crippen MR) is 76.9 cm³/mol. The van der Waals surface area contributed by atoms with Crippen molar-refractivity contribution in [2.45, 2.75) is 45.1 Å². The fourth-order valence-electron chi connectivity index (χ4n) is 2.76. The van der Waals surface area contributed by atoms with Crippen LogP contribution < -0.4 is 5.73 Å². The van der Waals surface area contributed by atoms with Crippen molar-refractivity contribution >= 4 is 24.0 Å². The third-order valence-corrected chi connectivity index (χ3v) is 3.98. The van der Waals surface area contributed by atoms with Gasteiger partial charge in [0.15, 0.2) is 0 Å². The maximum atomic E-state index is 6.38. The summed E-state index contributed by atoms with van der Waals surface area (Å²) in [5.41, 5.74) is 8.88. The Kier molecular flexibility index (Phi) is 5.78. The average molecular weight is 274 g/mol. The first-order valence-electron chi connectivity index (χ1n) is 6.20. The summed E-state index contributed by atoms with van der Waals surface area (Å²) < 4.78 is 0. The lowest BCUT2D eigenvalue weighted by atomic mass is 9.80. The van der Waals surface area contributed by atoms with E-state index in [0.717, 1.165) is 5.02 Å². The second-order valence-corrected chi connectivity index (χ2v) is 5.36. The van der Waals surface area contributed by atoms with E-state index in [-0.39, 0.29) is 18.4 Å². The van der Waals surface area contributed by atoms with E-state index in [1.165, 1.54) is 43.2 Å². The Morgan fingerprint density at radius 2 is 1.88 bits per heavy atom. The van der Waals surface area contributed by atoms with Gasteiger partial charge < -0.3 is 5.73 Å². The molecule has 1 nitrogen and oxygen atoms in total. The zero-order chi connectivity index (χ0) is 11.5. The van der Waals surface area contributed by atoms with Gasteiger partial charge in [0.1, 0.15) is 0 Å². The molecular weight excluding hydrogens is 253 g/mol. The normalized spacial score (nSPS) is 18.5. The van der Waals surface area contributed by atoms with E-state index in [2.05, 4.69) is 13.0 Å². The molecule has 0 spiro atoms. The van der Waals surface area contributed by atoms with E-state index < -0.39 is 0 Å². The number of hydrogen-bond acceptors (Lipinski definition) is 1. The molecule has 3 heteroatoms. The minimum absolute atomic E-state index is 0. The molecule has 0 radical (unpaired) electrons. The van der Waals surface area contributed by atoms with Gasteiger partial charge in [0.25, 0.3) is 0 Å². The molecule has 17 heavy (non-hydrogen) atoms. The summed E-state index contributed by atoms with van der Waals surface area (Å²) in [6, 6.07) is 6.25. The largest absolute Gasteiger partial charge is 0.324 e. The molecule has 0 amide bonds. The first kappa shape index (κ1) is 14.8. The fourth-order valence-corrected chi connectivity index (χ4v) is 2.99. The van der Waals surface area contributed by atoms with Crippen molar-refractivity contribution in [1.29, 1.82) is 0 Å². The maximum absolute atomic E-state index is 6.38. The van der Waals surface area contributed by atoms with Gasteiger partial charge in [-0.2, -0.15) is 0 Å². The molecule has 0 bridgehead atoms. The Balaban J connectivity index is 0.00000144. The van der Waals surface area contributed by atoms with E-state index in [4.69, 9.17) is 17.3 Å². The highest BCUT2D eigenvalue weighted by Gasteiger charge is 2.22. The van der Waals surface area contributed by atoms with Crippen LogP contribution in [0.25, 0.3) is 0 Å². The Morgan fingerprint density at radius 3 is 2.47 bits per heavy atom. The van der Waals surface area contributed by atoms with Crippen molar-refractivity contribution < 1.29 is 0 Å². The Bertz CT molecular complexity index is 359. The van der Waals surface area contributed by atoms with E-state index >= 15 is 0 Å². The first-order chi connectivity index (χ1) is 7.68. The lowest BCUT2D eigenvalue weighted by Gasteiger charge is -2.28. The molecule has 0 aromatic heterocycles. The third kappa shape index (κ3) is 3.61. The van der Waals surface area contributed by atoms with Gasteiger partial charge in [-0.3, -0.25) is 0 Å². The molecule has 1 aromatic rings. The zero-order valence-electron chi connectivity index (χ0n) is 10.3. The Labute approximate surface area is 115 Å². The van der Waals surface area contributed by atoms with Crippen LogP contribution in [0, 0.1) is 12.8 Å². The van der Waals surface area contributed by atoms with Gasteiger partial charge in [0, 0.05) is 11.1 Å². The SMILES string of the molecule is Cc1cc(Cl)ccc1[C@H](N)C1CCCCC1.Cl. The Hall–Kier alpha value is -0.240. The summed E-state index contributed by atoms with van der Waals surface area (Å²) >= 11 is 5.97. The minimum Gasteiger partial charge on any atom is -0.324 e. The highest BCUT2D eigenvalue weighted by atomic mass is 35.5. The molecular formula is C14H21Cl2N. The molecule has 96 valence electrons. The van der Waals surface area contributed by atoms with Crippen LogP contribution in [-0.4, -0.2) is 0 Å². The van der Waals surface area contributed by atoms with Gasteiger partial charge in [-0.05, 0) is 48.9 Å². The molecule has 1 saturated carbocycles. The maximum Gasteiger partial charge on any atom is 0.0408 e. The van der Waals surface area contributed by atoms with Crippen LogP contribution in [0.2, 0.25) is 5.02 Å². The lowest BCUT2D eigenvalue weighted by molar-refractivity contribution is 0.307. The van der Waals surface area contributed by atoms with Crippen LogP contribution in [-0.2, 0) is 0 Å². The van der Waals surface area contributed by atoms with E-state index in [0.29, 0.717) is 5.92 Å². The average Bonchev–Trinajstić information content (AvgIpc) is 2.29. The highest BCUT2D eigenvalue weighted by molar-refractivity contribution is 6.30. The standard InChI is InChI=1S/C14H20ClN.ClH/c1-10-9-12(15)7-8-13(10)14(16)11-5-3-2-4-6-11;/h7-9,11,14H,2-6,16H2,1H3;1H/t14-;/m1./s1. The van der Waals surface area contributed by atoms with Crippen molar-refractivity contribution in [1.82, 2.24) is 0 Å². The number of hydrogen-bond donors (Lipinski definition) is 1. The molecule has 1 aliphatic rings. The molecule has 1 aliphatic carbocycles. The second-order valence-electron chi connectivity index (χ2n) is 4.92. The second kappa shape index (κ2) is 6.63. The molecule has 0 heterocycles. The molecule has 0 unspecified atom stereocenters. The van der Waals surface area contributed by atoms with Crippen LogP contribution in [0.15, 0.2) is 18.2 Å². The van der Waals surface area contributed by atoms with E-state index in [9.17, 15) is 0 Å². The van der Waals surface area contributed by atoms with Crippen LogP contribution in [0.1, 0.15) is 49.3 Å². The summed E-state index contributed by atoms with van der Waals surface area (Å²) in [5, 5.41) is 0.803. The van der Waals surface area contributed by atoms with E-state index in [1.54, 1.807) is 0 Å². The Morgan fingerprint density at radius 1 is 1.24 bits per heavy atom. The number of halogens is 2. The number of aryl methyl sites for hydroxylation is 1. The van der Waals surface area contributed by atoms with Gasteiger partial charge in [-0.15, -0.1) is 12.4 Å². The molecule has 0 aliphatic heterocycles. The number of nitrogens with two attached hydrogens (primary N) is 1. The zero-order valence-corrected chi connectivity index (χ0v) is 11.9. The van der Waals surface area contributed by atoms with Crippen LogP contribution >= 0.6 is 24.0 Å². The molecule has 0 saturated heterocycles. The topological polar surface area (TPSA) is 26.0 Å². The smallest absolute Gasteiger partial charge is 0.0408 e. The van der Waals surface area contributed by atoms with Gasteiger partial charge in [-0.1, -0.05) is 36.9 Å². The van der Waals surface area contributed by atoms with Crippen LogP contribution in [0.5, 0.6) is 0 Å². The van der Waals surface area contributed by atoms with Crippen molar-refractivity contribution in [2.75, 3.05) is 0 Å². The van der Waals surface area contributed by atoms with Crippen LogP contribution in [0.3, 0.4) is 0 Å². The molecule has 2 N–H and O–H groups in total. The fraction of sp³-hybridized carbons (Fsp3) is 0.571. The molecule has 1 aromatic carbocycles. The summed E-state index contributed by atoms with van der Waals surface area (Å²) in [6.45, 7) is 2.10. The van der Waals surface area contributed by atoms with Crippen molar-refractivity contribution in [2.24, 2.45) is 11.7 Å². The molecule has 1 atom stereocenters. The number of benzene rings is 1. The predicted octanol–water partition coefficient (Wildman–Crippen LogP) is 4.65. The summed E-state index contributed by atoms with van der Waals surface area (Å²) in [6.07, 6.45) is 6.62.